The highest BCUT2D eigenvalue weighted by atomic mass is 32.1. The number of hydrazine groups is 1. The number of aryl methyl sites for hydroxylation is 1. The molecule has 9 heteroatoms. The largest absolute Gasteiger partial charge is 0.354 e. The smallest absolute Gasteiger partial charge is 0.243 e. The molecule has 0 saturated carbocycles. The van der Waals surface area contributed by atoms with Gasteiger partial charge in [-0.05, 0) is 6.92 Å². The quantitative estimate of drug-likeness (QED) is 0.526. The molecule has 2 rings (SSSR count). The first-order chi connectivity index (χ1) is 9.58. The Kier molecular flexibility index (Phi) is 4.64. The highest BCUT2D eigenvalue weighted by Gasteiger charge is 2.07. The Labute approximate surface area is 121 Å². The number of hydrogen-bond acceptors (Lipinski definition) is 9. The molecule has 0 aliphatic rings. The summed E-state index contributed by atoms with van der Waals surface area (Å²) in [6, 6.07) is 0. The van der Waals surface area contributed by atoms with Crippen LogP contribution < -0.4 is 21.5 Å². The van der Waals surface area contributed by atoms with Gasteiger partial charge in [0.25, 0.3) is 0 Å². The maximum Gasteiger partial charge on any atom is 0.243 e. The van der Waals surface area contributed by atoms with Crippen molar-refractivity contribution in [2.45, 2.75) is 13.3 Å². The van der Waals surface area contributed by atoms with Crippen LogP contribution in [0.1, 0.15) is 10.7 Å². The zero-order valence-electron chi connectivity index (χ0n) is 11.7. The van der Waals surface area contributed by atoms with E-state index in [1.165, 1.54) is 0 Å². The van der Waals surface area contributed by atoms with E-state index in [4.69, 9.17) is 5.84 Å². The summed E-state index contributed by atoms with van der Waals surface area (Å²) in [4.78, 5) is 18.8. The first-order valence-corrected chi connectivity index (χ1v) is 7.01. The molecule has 0 fully saturated rings. The molecule has 108 valence electrons. The molecule has 0 spiro atoms. The Morgan fingerprint density at radius 1 is 1.20 bits per heavy atom. The summed E-state index contributed by atoms with van der Waals surface area (Å²) < 4.78 is 0. The molecule has 0 unspecified atom stereocenters. The minimum absolute atomic E-state index is 0.329. The van der Waals surface area contributed by atoms with Crippen molar-refractivity contribution in [3.05, 3.63) is 16.1 Å². The van der Waals surface area contributed by atoms with Crippen molar-refractivity contribution in [1.82, 2.24) is 19.9 Å². The summed E-state index contributed by atoms with van der Waals surface area (Å²) in [7, 11) is 3.72. The third-order valence-electron chi connectivity index (χ3n) is 2.48. The predicted molar refractivity (Wildman–Crippen MR) is 81.0 cm³/mol. The minimum Gasteiger partial charge on any atom is -0.354 e. The Bertz CT molecular complexity index is 567. The number of nitrogen functional groups attached to an aromatic ring is 1. The van der Waals surface area contributed by atoms with Crippen molar-refractivity contribution in [3.63, 3.8) is 0 Å². The van der Waals surface area contributed by atoms with Crippen LogP contribution in [0.15, 0.2) is 5.38 Å². The lowest BCUT2D eigenvalue weighted by molar-refractivity contribution is 0.914. The highest BCUT2D eigenvalue weighted by molar-refractivity contribution is 7.09. The highest BCUT2D eigenvalue weighted by Crippen LogP contribution is 2.11. The van der Waals surface area contributed by atoms with Gasteiger partial charge in [0, 0.05) is 32.4 Å². The van der Waals surface area contributed by atoms with Crippen LogP contribution in [0.25, 0.3) is 0 Å². The van der Waals surface area contributed by atoms with Gasteiger partial charge in [-0.15, -0.1) is 11.3 Å². The van der Waals surface area contributed by atoms with Gasteiger partial charge in [0.1, 0.15) is 0 Å². The Hall–Kier alpha value is -2.00. The van der Waals surface area contributed by atoms with Crippen LogP contribution in [0.4, 0.5) is 17.8 Å². The van der Waals surface area contributed by atoms with Gasteiger partial charge in [0.2, 0.25) is 17.8 Å². The van der Waals surface area contributed by atoms with Crippen molar-refractivity contribution in [2.24, 2.45) is 5.84 Å². The number of nitrogens with two attached hydrogens (primary N) is 1. The number of thiazole rings is 1. The third kappa shape index (κ3) is 3.75. The van der Waals surface area contributed by atoms with Gasteiger partial charge in [-0.1, -0.05) is 0 Å². The average Bonchev–Trinajstić information content (AvgIpc) is 2.84. The van der Waals surface area contributed by atoms with Gasteiger partial charge in [0.15, 0.2) is 0 Å². The molecule has 0 amide bonds. The first-order valence-electron chi connectivity index (χ1n) is 6.13. The van der Waals surface area contributed by atoms with Crippen LogP contribution in [-0.4, -0.2) is 40.6 Å². The topological polar surface area (TPSA) is 105 Å². The summed E-state index contributed by atoms with van der Waals surface area (Å²) >= 11 is 1.65. The summed E-state index contributed by atoms with van der Waals surface area (Å²) in [6.07, 6.45) is 0.818. The summed E-state index contributed by atoms with van der Waals surface area (Å²) in [6.45, 7) is 2.69. The maximum absolute atomic E-state index is 5.35. The molecule has 2 heterocycles. The van der Waals surface area contributed by atoms with Gasteiger partial charge >= 0.3 is 0 Å². The molecule has 2 aromatic rings. The van der Waals surface area contributed by atoms with E-state index in [2.05, 4.69) is 36.1 Å². The fourth-order valence-electron chi connectivity index (χ4n) is 1.53. The van der Waals surface area contributed by atoms with Crippen LogP contribution in [0.3, 0.4) is 0 Å². The van der Waals surface area contributed by atoms with E-state index in [1.54, 1.807) is 16.2 Å². The molecule has 4 N–H and O–H groups in total. The van der Waals surface area contributed by atoms with Crippen molar-refractivity contribution >= 4 is 29.2 Å². The third-order valence-corrected chi connectivity index (χ3v) is 3.31. The lowest BCUT2D eigenvalue weighted by atomic mass is 10.3. The molecule has 0 radical (unpaired) electrons. The van der Waals surface area contributed by atoms with Crippen molar-refractivity contribution in [3.8, 4) is 0 Å². The van der Waals surface area contributed by atoms with Gasteiger partial charge in [-0.3, -0.25) is 5.43 Å². The fraction of sp³-hybridized carbons (Fsp3) is 0.455. The average molecular weight is 294 g/mol. The van der Waals surface area contributed by atoms with E-state index in [-0.39, 0.29) is 0 Å². The number of anilines is 3. The van der Waals surface area contributed by atoms with E-state index in [9.17, 15) is 0 Å². The normalized spacial score (nSPS) is 10.4. The van der Waals surface area contributed by atoms with Crippen LogP contribution in [-0.2, 0) is 6.42 Å². The molecule has 0 aliphatic carbocycles. The lowest BCUT2D eigenvalue weighted by Gasteiger charge is -2.12. The SMILES string of the molecule is Cc1nc(CCNc2nc(NN)nc(N(C)C)n2)cs1. The standard InChI is InChI=1S/C11H18N8S/c1-7-14-8(6-20-7)4-5-13-9-15-10(18-12)17-11(16-9)19(2)3/h6H,4-5,12H2,1-3H3,(H2,13,15,16,17,18). The summed E-state index contributed by atoms with van der Waals surface area (Å²) in [5.41, 5.74) is 3.50. The van der Waals surface area contributed by atoms with Gasteiger partial charge < -0.3 is 10.2 Å². The zero-order chi connectivity index (χ0) is 14.5. The van der Waals surface area contributed by atoms with Crippen LogP contribution in [0.2, 0.25) is 0 Å². The number of rotatable bonds is 6. The van der Waals surface area contributed by atoms with Crippen molar-refractivity contribution < 1.29 is 0 Å². The van der Waals surface area contributed by atoms with Crippen LogP contribution in [0, 0.1) is 6.92 Å². The molecule has 2 aromatic heterocycles. The zero-order valence-corrected chi connectivity index (χ0v) is 12.5. The summed E-state index contributed by atoms with van der Waals surface area (Å²) in [5, 5.41) is 6.28. The number of nitrogens with one attached hydrogen (secondary N) is 2. The van der Waals surface area contributed by atoms with E-state index in [0.29, 0.717) is 24.4 Å². The Morgan fingerprint density at radius 2 is 1.95 bits per heavy atom. The van der Waals surface area contributed by atoms with Gasteiger partial charge in [-0.2, -0.15) is 15.0 Å². The second kappa shape index (κ2) is 6.44. The molecule has 8 nitrogen and oxygen atoms in total. The Balaban J connectivity index is 1.99. The number of aromatic nitrogens is 4. The fourth-order valence-corrected chi connectivity index (χ4v) is 2.18. The molecule has 20 heavy (non-hydrogen) atoms. The molecule has 0 aliphatic heterocycles. The van der Waals surface area contributed by atoms with Gasteiger partial charge in [0.05, 0.1) is 10.7 Å². The molecular formula is C11H18N8S. The van der Waals surface area contributed by atoms with Crippen molar-refractivity contribution in [2.75, 3.05) is 36.3 Å². The molecule has 0 aromatic carbocycles. The monoisotopic (exact) mass is 294 g/mol. The van der Waals surface area contributed by atoms with Crippen LogP contribution >= 0.6 is 11.3 Å². The lowest BCUT2D eigenvalue weighted by Crippen LogP contribution is -2.19. The van der Waals surface area contributed by atoms with Crippen LogP contribution in [0.5, 0.6) is 0 Å². The first kappa shape index (κ1) is 14.4. The van der Waals surface area contributed by atoms with E-state index in [0.717, 1.165) is 17.1 Å². The summed E-state index contributed by atoms with van der Waals surface area (Å²) in [5.74, 6) is 6.71. The van der Waals surface area contributed by atoms with Gasteiger partial charge in [-0.25, -0.2) is 10.8 Å². The van der Waals surface area contributed by atoms with E-state index >= 15 is 0 Å². The van der Waals surface area contributed by atoms with Crippen molar-refractivity contribution in [1.29, 1.82) is 0 Å². The maximum atomic E-state index is 5.35. The molecule has 0 saturated heterocycles. The van der Waals surface area contributed by atoms with E-state index in [1.807, 2.05) is 21.0 Å². The second-order valence-corrected chi connectivity index (χ2v) is 5.42. The predicted octanol–water partition coefficient (Wildman–Crippen LogP) is 0.643. The molecule has 0 bridgehead atoms. The second-order valence-electron chi connectivity index (χ2n) is 4.36. The molecule has 0 atom stereocenters. The molecular weight excluding hydrogens is 276 g/mol. The minimum atomic E-state index is 0.329. The number of hydrogen-bond donors (Lipinski definition) is 3. The Morgan fingerprint density at radius 3 is 2.55 bits per heavy atom. The van der Waals surface area contributed by atoms with E-state index < -0.39 is 0 Å². The number of nitrogens with zero attached hydrogens (tertiary/aromatic N) is 5.